The van der Waals surface area contributed by atoms with Gasteiger partial charge >= 0.3 is 0 Å². The molecule has 1 unspecified atom stereocenters. The number of aryl methyl sites for hydroxylation is 1. The van der Waals surface area contributed by atoms with Gasteiger partial charge in [0.2, 0.25) is 0 Å². The molecule has 114 valence electrons. The van der Waals surface area contributed by atoms with Crippen molar-refractivity contribution in [3.05, 3.63) is 33.5 Å². The Labute approximate surface area is 136 Å². The lowest BCUT2D eigenvalue weighted by Crippen LogP contribution is -2.28. The van der Waals surface area contributed by atoms with E-state index in [9.17, 15) is 8.76 Å². The summed E-state index contributed by atoms with van der Waals surface area (Å²) in [6, 6.07) is 1.75. The first-order valence-electron chi connectivity index (χ1n) is 8.15. The molecule has 1 aliphatic carbocycles. The lowest BCUT2D eigenvalue weighted by atomic mass is 9.94. The average molecular weight is 327 g/mol. The number of halogens is 1. The van der Waals surface area contributed by atoms with Crippen molar-refractivity contribution in [3.8, 4) is 0 Å². The van der Waals surface area contributed by atoms with Gasteiger partial charge in [-0.05, 0) is 70.7 Å². The first-order valence-corrected chi connectivity index (χ1v) is 8.60. The molecule has 1 atom stereocenters. The Morgan fingerprint density at radius 1 is 1.48 bits per heavy atom. The highest BCUT2D eigenvalue weighted by Crippen LogP contribution is 2.38. The molecule has 21 heavy (non-hydrogen) atoms. The van der Waals surface area contributed by atoms with Crippen LogP contribution < -0.4 is 0 Å². The monoisotopic (exact) mass is 326 g/mol. The summed E-state index contributed by atoms with van der Waals surface area (Å²) >= 11 is 3.98. The maximum absolute atomic E-state index is 11.6. The summed E-state index contributed by atoms with van der Waals surface area (Å²) in [5, 5.41) is 0.251. The number of hydrogen-bond donors (Lipinski definition) is 0. The molecule has 0 saturated carbocycles. The molecule has 5 heteroatoms. The third-order valence-electron chi connectivity index (χ3n) is 3.95. The molecular formula is C16H19ClNO2S-. The number of fused-ring (bicyclic) bond motifs is 3. The van der Waals surface area contributed by atoms with Gasteiger partial charge in [0.1, 0.15) is 5.16 Å². The van der Waals surface area contributed by atoms with Crippen LogP contribution in [-0.4, -0.2) is 20.2 Å². The molecule has 0 aromatic heterocycles. The van der Waals surface area contributed by atoms with Crippen molar-refractivity contribution in [2.24, 2.45) is 5.92 Å². The highest BCUT2D eigenvalue weighted by molar-refractivity contribution is 7.79. The van der Waals surface area contributed by atoms with Crippen LogP contribution in [0, 0.1) is 5.92 Å². The van der Waals surface area contributed by atoms with Crippen LogP contribution in [0.5, 0.6) is 0 Å². The van der Waals surface area contributed by atoms with Crippen LogP contribution in [-0.2, 0) is 30.5 Å². The normalized spacial score (nSPS) is 20.6. The van der Waals surface area contributed by atoms with E-state index in [1.54, 1.807) is 12.1 Å². The van der Waals surface area contributed by atoms with E-state index in [0.29, 0.717) is 12.1 Å². The second-order valence-electron chi connectivity index (χ2n) is 5.83. The van der Waals surface area contributed by atoms with Gasteiger partial charge in [-0.25, -0.2) is 0 Å². The predicted octanol–water partition coefficient (Wildman–Crippen LogP) is 3.42. The fourth-order valence-electron chi connectivity index (χ4n) is 3.14. The summed E-state index contributed by atoms with van der Waals surface area (Å²) < 4.78 is 39.9. The van der Waals surface area contributed by atoms with E-state index in [1.807, 2.05) is 13.8 Å². The summed E-state index contributed by atoms with van der Waals surface area (Å²) in [5.74, 6) is -0.240. The molecule has 1 heterocycles. The van der Waals surface area contributed by atoms with Crippen molar-refractivity contribution < 1.29 is 11.5 Å². The number of rotatable bonds is 3. The van der Waals surface area contributed by atoms with Crippen LogP contribution in [0.1, 0.15) is 45.3 Å². The quantitative estimate of drug-likeness (QED) is 0.631. The van der Waals surface area contributed by atoms with Gasteiger partial charge in [0.15, 0.2) is 0 Å². The Kier molecular flexibility index (Phi) is 3.47. The van der Waals surface area contributed by atoms with E-state index in [0.717, 1.165) is 30.4 Å². The Balaban J connectivity index is 2.17. The zero-order valence-corrected chi connectivity index (χ0v) is 13.7. The van der Waals surface area contributed by atoms with Crippen molar-refractivity contribution in [2.45, 2.75) is 44.6 Å². The van der Waals surface area contributed by atoms with Gasteiger partial charge in [-0.3, -0.25) is 4.21 Å². The minimum Gasteiger partial charge on any atom is -0.768 e. The van der Waals surface area contributed by atoms with E-state index in [4.69, 9.17) is 14.3 Å². The van der Waals surface area contributed by atoms with Crippen LogP contribution in [0.3, 0.4) is 0 Å². The van der Waals surface area contributed by atoms with Gasteiger partial charge in [-0.15, -0.1) is 0 Å². The van der Waals surface area contributed by atoms with Crippen LogP contribution >= 0.6 is 11.6 Å². The molecule has 0 bridgehead atoms. The molecule has 0 amide bonds. The second kappa shape index (κ2) is 5.75. The smallest absolute Gasteiger partial charge is 0.105 e. The Bertz CT molecular complexity index is 719. The van der Waals surface area contributed by atoms with Crippen molar-refractivity contribution in [1.82, 2.24) is 4.90 Å². The minimum absolute atomic E-state index is 0.240. The number of benzene rings is 1. The predicted molar refractivity (Wildman–Crippen MR) is 84.7 cm³/mol. The molecule has 1 aliphatic heterocycles. The largest absolute Gasteiger partial charge is 0.768 e. The Hall–Kier alpha value is -0.840. The van der Waals surface area contributed by atoms with Crippen molar-refractivity contribution in [1.29, 1.82) is 0 Å². The van der Waals surface area contributed by atoms with E-state index in [1.165, 1.54) is 10.5 Å². The maximum Gasteiger partial charge on any atom is 0.105 e. The van der Waals surface area contributed by atoms with Crippen molar-refractivity contribution in [3.63, 3.8) is 0 Å². The lowest BCUT2D eigenvalue weighted by Gasteiger charge is -2.32. The van der Waals surface area contributed by atoms with E-state index in [-0.39, 0.29) is 16.0 Å². The molecule has 0 spiro atoms. The zero-order chi connectivity index (χ0) is 16.9. The topological polar surface area (TPSA) is 43.4 Å². The van der Waals surface area contributed by atoms with Gasteiger partial charge < -0.3 is 9.45 Å². The minimum atomic E-state index is -2.33. The van der Waals surface area contributed by atoms with E-state index >= 15 is 0 Å². The standard InChI is InChI=1S/C16H20ClNO2S/c1-10(2)8-18-9-14-12-5-3-4-11(12)6-15(21(19)20)13(14)7-16(18)17/h6-7,10H,3-5,8-9H2,1-2H3,(H,19,20)/p-1/i8D2. The lowest BCUT2D eigenvalue weighted by molar-refractivity contribution is 0.311. The van der Waals surface area contributed by atoms with Crippen LogP contribution in [0.4, 0.5) is 0 Å². The summed E-state index contributed by atoms with van der Waals surface area (Å²) in [6.07, 6.45) is 4.39. The number of hydrogen-bond acceptors (Lipinski definition) is 3. The zero-order valence-electron chi connectivity index (χ0n) is 14.1. The molecule has 2 aliphatic rings. The van der Waals surface area contributed by atoms with E-state index in [2.05, 4.69) is 0 Å². The fraction of sp³-hybridized carbons (Fsp3) is 0.500. The molecule has 3 nitrogen and oxygen atoms in total. The van der Waals surface area contributed by atoms with Gasteiger partial charge in [0.25, 0.3) is 0 Å². The van der Waals surface area contributed by atoms with Crippen LogP contribution in [0.25, 0.3) is 6.08 Å². The molecule has 3 rings (SSSR count). The summed E-state index contributed by atoms with van der Waals surface area (Å²) in [6.45, 7) is 2.34. The molecular weight excluding hydrogens is 306 g/mol. The van der Waals surface area contributed by atoms with Gasteiger partial charge in [-0.2, -0.15) is 0 Å². The summed E-state index contributed by atoms with van der Waals surface area (Å²) in [4.78, 5) is 1.81. The summed E-state index contributed by atoms with van der Waals surface area (Å²) in [5.41, 5.74) is 3.77. The highest BCUT2D eigenvalue weighted by Gasteiger charge is 2.26. The third kappa shape index (κ3) is 2.77. The summed E-state index contributed by atoms with van der Waals surface area (Å²) in [7, 11) is 0. The molecule has 0 N–H and O–H groups in total. The molecule has 0 radical (unpaired) electrons. The maximum atomic E-state index is 11.6. The van der Waals surface area contributed by atoms with Crippen molar-refractivity contribution in [2.75, 3.05) is 6.50 Å². The Morgan fingerprint density at radius 3 is 2.90 bits per heavy atom. The fourth-order valence-corrected chi connectivity index (χ4v) is 3.96. The second-order valence-corrected chi connectivity index (χ2v) is 7.13. The van der Waals surface area contributed by atoms with Crippen molar-refractivity contribution >= 4 is 28.8 Å². The third-order valence-corrected chi connectivity index (χ3v) is 4.96. The van der Waals surface area contributed by atoms with Crippen LogP contribution in [0.2, 0.25) is 0 Å². The van der Waals surface area contributed by atoms with Gasteiger partial charge in [0.05, 0.1) is 0 Å². The highest BCUT2D eigenvalue weighted by atomic mass is 35.5. The molecule has 0 saturated heterocycles. The number of nitrogens with zero attached hydrogens (tertiary/aromatic N) is 1. The first kappa shape index (κ1) is 12.7. The van der Waals surface area contributed by atoms with Gasteiger partial charge in [-0.1, -0.05) is 25.4 Å². The molecule has 1 aromatic rings. The molecule has 1 aromatic carbocycles. The SMILES string of the molecule is [2H]C([2H])(C(C)C)N1Cc2c(c(S(=O)[O-])cc3c2CCC3)C=C1Cl. The Morgan fingerprint density at radius 2 is 2.24 bits per heavy atom. The van der Waals surface area contributed by atoms with Gasteiger partial charge in [0, 0.05) is 20.7 Å². The average Bonchev–Trinajstić information content (AvgIpc) is 2.93. The van der Waals surface area contributed by atoms with Crippen LogP contribution in [0.15, 0.2) is 16.1 Å². The molecule has 0 fully saturated rings. The first-order chi connectivity index (χ1) is 10.7. The van der Waals surface area contributed by atoms with E-state index < -0.39 is 17.6 Å².